The first-order valence-electron chi connectivity index (χ1n) is 6.16. The van der Waals surface area contributed by atoms with Crippen LogP contribution < -0.4 is 5.32 Å². The number of aliphatic imine (C=N–C) groups is 1. The Morgan fingerprint density at radius 1 is 1.59 bits per heavy atom. The Balaban J connectivity index is 2.03. The molecule has 92 valence electrons. The van der Waals surface area contributed by atoms with E-state index in [-0.39, 0.29) is 0 Å². The third-order valence-electron chi connectivity index (χ3n) is 2.90. The molecular weight excluding hydrogens is 230 g/mol. The number of hydrogen-bond acceptors (Lipinski definition) is 3. The average Bonchev–Trinajstić information content (AvgIpc) is 2.37. The monoisotopic (exact) mass is 249 g/mol. The molecule has 1 fully saturated rings. The zero-order valence-electron chi connectivity index (χ0n) is 10.4. The van der Waals surface area contributed by atoms with Crippen LogP contribution in [0.15, 0.2) is 23.3 Å². The van der Waals surface area contributed by atoms with Crippen molar-refractivity contribution in [1.29, 1.82) is 0 Å². The highest BCUT2D eigenvalue weighted by atomic mass is 32.2. The molecule has 1 N–H and O–H groups in total. The second-order valence-electron chi connectivity index (χ2n) is 4.27. The van der Waals surface area contributed by atoms with Gasteiger partial charge in [0.2, 0.25) is 0 Å². The SMILES string of the molecule is CCc1cccnc1CN=C1NC(C)CCS1. The molecule has 0 radical (unpaired) electrons. The molecule has 1 aromatic rings. The lowest BCUT2D eigenvalue weighted by Gasteiger charge is -2.21. The maximum absolute atomic E-state index is 4.62. The third-order valence-corrected chi connectivity index (χ3v) is 3.86. The molecule has 1 atom stereocenters. The molecule has 0 amide bonds. The van der Waals surface area contributed by atoms with Crippen molar-refractivity contribution in [2.75, 3.05) is 5.75 Å². The van der Waals surface area contributed by atoms with Crippen molar-refractivity contribution in [1.82, 2.24) is 10.3 Å². The molecule has 0 aromatic carbocycles. The summed E-state index contributed by atoms with van der Waals surface area (Å²) in [4.78, 5) is 9.03. The van der Waals surface area contributed by atoms with Crippen LogP contribution in [0.5, 0.6) is 0 Å². The first kappa shape index (κ1) is 12.4. The summed E-state index contributed by atoms with van der Waals surface area (Å²) in [6.07, 6.45) is 4.08. The summed E-state index contributed by atoms with van der Waals surface area (Å²) < 4.78 is 0. The van der Waals surface area contributed by atoms with E-state index in [1.807, 2.05) is 24.0 Å². The van der Waals surface area contributed by atoms with E-state index in [2.05, 4.69) is 35.2 Å². The lowest BCUT2D eigenvalue weighted by Crippen LogP contribution is -2.35. The summed E-state index contributed by atoms with van der Waals surface area (Å²) in [6.45, 7) is 5.04. The van der Waals surface area contributed by atoms with Gasteiger partial charge in [-0.3, -0.25) is 9.98 Å². The summed E-state index contributed by atoms with van der Waals surface area (Å²) in [6, 6.07) is 4.67. The fourth-order valence-corrected chi connectivity index (χ4v) is 2.94. The number of aromatic nitrogens is 1. The Bertz CT molecular complexity index is 403. The van der Waals surface area contributed by atoms with Crippen LogP contribution in [0.4, 0.5) is 0 Å². The van der Waals surface area contributed by atoms with Crippen molar-refractivity contribution in [2.24, 2.45) is 4.99 Å². The van der Waals surface area contributed by atoms with Gasteiger partial charge in [0.15, 0.2) is 5.17 Å². The lowest BCUT2D eigenvalue weighted by atomic mass is 10.1. The molecule has 0 spiro atoms. The zero-order chi connectivity index (χ0) is 12.1. The maximum atomic E-state index is 4.62. The van der Waals surface area contributed by atoms with Crippen LogP contribution in [-0.2, 0) is 13.0 Å². The van der Waals surface area contributed by atoms with Gasteiger partial charge in [0, 0.05) is 18.0 Å². The van der Waals surface area contributed by atoms with Crippen molar-refractivity contribution >= 4 is 16.9 Å². The largest absolute Gasteiger partial charge is 0.362 e. The number of rotatable bonds is 3. The second kappa shape index (κ2) is 6.05. The van der Waals surface area contributed by atoms with Crippen molar-refractivity contribution in [3.63, 3.8) is 0 Å². The Morgan fingerprint density at radius 2 is 2.47 bits per heavy atom. The number of thioether (sulfide) groups is 1. The molecule has 0 aliphatic carbocycles. The van der Waals surface area contributed by atoms with Crippen molar-refractivity contribution in [3.8, 4) is 0 Å². The quantitative estimate of drug-likeness (QED) is 0.894. The summed E-state index contributed by atoms with van der Waals surface area (Å²) in [7, 11) is 0. The van der Waals surface area contributed by atoms with Crippen LogP contribution in [0.3, 0.4) is 0 Å². The molecule has 0 bridgehead atoms. The lowest BCUT2D eigenvalue weighted by molar-refractivity contribution is 0.642. The minimum absolute atomic E-state index is 0.546. The standard InChI is InChI=1S/C13H19N3S/c1-3-11-5-4-7-14-12(11)9-15-13-16-10(2)6-8-17-13/h4-5,7,10H,3,6,8-9H2,1-2H3,(H,15,16). The molecule has 3 nitrogen and oxygen atoms in total. The summed E-state index contributed by atoms with van der Waals surface area (Å²) in [5, 5.41) is 4.48. The van der Waals surface area contributed by atoms with Crippen LogP contribution in [0, 0.1) is 0 Å². The first-order valence-corrected chi connectivity index (χ1v) is 7.14. The minimum Gasteiger partial charge on any atom is -0.362 e. The molecule has 4 heteroatoms. The molecule has 1 aromatic heterocycles. The highest BCUT2D eigenvalue weighted by Gasteiger charge is 2.12. The van der Waals surface area contributed by atoms with Gasteiger partial charge in [-0.25, -0.2) is 0 Å². The Hall–Kier alpha value is -1.03. The van der Waals surface area contributed by atoms with Gasteiger partial charge in [0.1, 0.15) is 0 Å². The smallest absolute Gasteiger partial charge is 0.157 e. The zero-order valence-corrected chi connectivity index (χ0v) is 11.3. The molecule has 1 aliphatic rings. The second-order valence-corrected chi connectivity index (χ2v) is 5.35. The van der Waals surface area contributed by atoms with Gasteiger partial charge in [0.05, 0.1) is 12.2 Å². The highest BCUT2D eigenvalue weighted by molar-refractivity contribution is 8.13. The normalized spacial score (nSPS) is 22.5. The molecule has 2 heterocycles. The fourth-order valence-electron chi connectivity index (χ4n) is 1.83. The van der Waals surface area contributed by atoms with Gasteiger partial charge >= 0.3 is 0 Å². The molecule has 1 aliphatic heterocycles. The first-order chi connectivity index (χ1) is 8.29. The van der Waals surface area contributed by atoms with E-state index in [0.717, 1.165) is 23.0 Å². The highest BCUT2D eigenvalue weighted by Crippen LogP contribution is 2.15. The van der Waals surface area contributed by atoms with Gasteiger partial charge < -0.3 is 5.32 Å². The van der Waals surface area contributed by atoms with Crippen molar-refractivity contribution < 1.29 is 0 Å². The van der Waals surface area contributed by atoms with E-state index in [9.17, 15) is 0 Å². The topological polar surface area (TPSA) is 37.3 Å². The van der Waals surface area contributed by atoms with E-state index in [1.54, 1.807) is 0 Å². The van der Waals surface area contributed by atoms with Gasteiger partial charge in [0.25, 0.3) is 0 Å². The van der Waals surface area contributed by atoms with E-state index < -0.39 is 0 Å². The predicted molar refractivity (Wildman–Crippen MR) is 74.4 cm³/mol. The van der Waals surface area contributed by atoms with Crippen LogP contribution in [0.25, 0.3) is 0 Å². The number of aryl methyl sites for hydroxylation is 1. The van der Waals surface area contributed by atoms with Gasteiger partial charge in [-0.2, -0.15) is 0 Å². The fraction of sp³-hybridized carbons (Fsp3) is 0.538. The third kappa shape index (κ3) is 3.46. The van der Waals surface area contributed by atoms with E-state index >= 15 is 0 Å². The van der Waals surface area contributed by atoms with Crippen molar-refractivity contribution in [2.45, 2.75) is 39.3 Å². The van der Waals surface area contributed by atoms with Gasteiger partial charge in [-0.05, 0) is 31.4 Å². The van der Waals surface area contributed by atoms with Crippen molar-refractivity contribution in [3.05, 3.63) is 29.6 Å². The number of pyridine rings is 1. The molecule has 2 rings (SSSR count). The Kier molecular flexibility index (Phi) is 4.42. The summed E-state index contributed by atoms with van der Waals surface area (Å²) >= 11 is 1.81. The summed E-state index contributed by atoms with van der Waals surface area (Å²) in [5.74, 6) is 1.16. The molecule has 17 heavy (non-hydrogen) atoms. The van der Waals surface area contributed by atoms with E-state index in [4.69, 9.17) is 0 Å². The van der Waals surface area contributed by atoms with Crippen LogP contribution >= 0.6 is 11.8 Å². The molecular formula is C13H19N3S. The average molecular weight is 249 g/mol. The predicted octanol–water partition coefficient (Wildman–Crippen LogP) is 2.62. The Morgan fingerprint density at radius 3 is 3.24 bits per heavy atom. The van der Waals surface area contributed by atoms with E-state index in [1.165, 1.54) is 12.0 Å². The Labute approximate surface area is 107 Å². The number of amidine groups is 1. The maximum Gasteiger partial charge on any atom is 0.157 e. The molecule has 1 unspecified atom stereocenters. The van der Waals surface area contributed by atoms with Crippen LogP contribution in [0.2, 0.25) is 0 Å². The minimum atomic E-state index is 0.546. The summed E-state index contributed by atoms with van der Waals surface area (Å²) in [5.41, 5.74) is 2.40. The van der Waals surface area contributed by atoms with Gasteiger partial charge in [-0.1, -0.05) is 24.8 Å². The number of nitrogens with one attached hydrogen (secondary N) is 1. The number of hydrogen-bond donors (Lipinski definition) is 1. The molecule has 1 saturated heterocycles. The van der Waals surface area contributed by atoms with Crippen LogP contribution in [0.1, 0.15) is 31.5 Å². The number of nitrogens with zero attached hydrogens (tertiary/aromatic N) is 2. The van der Waals surface area contributed by atoms with E-state index in [0.29, 0.717) is 12.6 Å². The molecule has 0 saturated carbocycles. The van der Waals surface area contributed by atoms with Crippen LogP contribution in [-0.4, -0.2) is 21.9 Å². The van der Waals surface area contributed by atoms with Gasteiger partial charge in [-0.15, -0.1) is 0 Å².